The Morgan fingerprint density at radius 1 is 0.315 bits per heavy atom. The highest BCUT2D eigenvalue weighted by Crippen LogP contribution is 2.67. The first kappa shape index (κ1) is 70.8. The average Bonchev–Trinajstić information content (AvgIpc) is 1.50. The van der Waals surface area contributed by atoms with Gasteiger partial charge in [0, 0.05) is 125 Å². The number of nitrogens with zero attached hydrogens (tertiary/aromatic N) is 3. The second-order valence-electron chi connectivity index (χ2n) is 33.9. The minimum atomic E-state index is -1.08. The molecule has 0 amide bonds. The third kappa shape index (κ3) is 10.4. The smallest absolute Gasteiger partial charge is 0.156 e. The number of hydrogen-bond donors (Lipinski definition) is 0. The van der Waals surface area contributed by atoms with Crippen LogP contribution in [0.15, 0.2) is 397 Å². The van der Waals surface area contributed by atoms with E-state index in [9.17, 15) is 0 Å². The molecule has 0 saturated carbocycles. The SMILES string of the molecule is CC1(C)c2ccccc2-c2c(-c3ccc(N(c4ccccc4)c4ccc5c(c4)C4(c6ccccc6Oc6c(N(c7cc(-c8ccccc8)c8c(c7)oc7ccccc78)c7ccc8sc9ccccc9c8c7)cccc64)c4cc(N(c6ccccc6)c6cc(-c7ccc8ccccc8c7)c7oc8ccccc8c7c6)ccc4-5)c4c5c(sc34)CCC=C5)cccc21. The first-order valence-corrected chi connectivity index (χ1v) is 44.4. The lowest BCUT2D eigenvalue weighted by Crippen LogP contribution is -2.33. The zero-order chi connectivity index (χ0) is 81.6. The van der Waals surface area contributed by atoms with Gasteiger partial charge in [-0.2, -0.15) is 0 Å². The van der Waals surface area contributed by atoms with Crippen molar-refractivity contribution in [1.82, 2.24) is 0 Å². The Balaban J connectivity index is 0.750. The molecule has 0 saturated heterocycles. The molecule has 4 aliphatic rings. The number of furan rings is 2. The minimum absolute atomic E-state index is 0.164. The molecule has 1 spiro atoms. The molecule has 1 aliphatic heterocycles. The lowest BCUT2D eigenvalue weighted by Gasteiger charge is -2.41. The highest BCUT2D eigenvalue weighted by Gasteiger charge is 2.53. The molecule has 124 heavy (non-hydrogen) atoms. The second kappa shape index (κ2) is 27.2. The van der Waals surface area contributed by atoms with Crippen molar-refractivity contribution in [1.29, 1.82) is 0 Å². The Morgan fingerprint density at radius 2 is 0.911 bits per heavy atom. The van der Waals surface area contributed by atoms with E-state index in [1.807, 2.05) is 22.7 Å². The van der Waals surface area contributed by atoms with Gasteiger partial charge in [0.15, 0.2) is 5.75 Å². The summed E-state index contributed by atoms with van der Waals surface area (Å²) in [6, 6.07) is 142. The van der Waals surface area contributed by atoms with Gasteiger partial charge in [-0.15, -0.1) is 22.7 Å². The predicted molar refractivity (Wildman–Crippen MR) is 519 cm³/mol. The average molecular weight is 1620 g/mol. The van der Waals surface area contributed by atoms with Crippen molar-refractivity contribution in [3.05, 3.63) is 432 Å². The number of aryl methyl sites for hydroxylation is 1. The minimum Gasteiger partial charge on any atom is -0.456 e. The molecule has 0 bridgehead atoms. The van der Waals surface area contributed by atoms with Crippen molar-refractivity contribution in [2.75, 3.05) is 14.7 Å². The molecule has 8 heteroatoms. The maximum Gasteiger partial charge on any atom is 0.156 e. The van der Waals surface area contributed by atoms with E-state index in [0.717, 1.165) is 180 Å². The molecule has 3 aliphatic carbocycles. The largest absolute Gasteiger partial charge is 0.456 e. The molecule has 0 radical (unpaired) electrons. The van der Waals surface area contributed by atoms with Crippen LogP contribution in [0.4, 0.5) is 51.2 Å². The van der Waals surface area contributed by atoms with Gasteiger partial charge in [0.25, 0.3) is 0 Å². The molecule has 5 heterocycles. The molecule has 1 unspecified atom stereocenters. The van der Waals surface area contributed by atoms with Crippen molar-refractivity contribution < 1.29 is 13.6 Å². The predicted octanol–water partition coefficient (Wildman–Crippen LogP) is 33.4. The van der Waals surface area contributed by atoms with Crippen molar-refractivity contribution >= 4 is 165 Å². The summed E-state index contributed by atoms with van der Waals surface area (Å²) in [7, 11) is 0. The van der Waals surface area contributed by atoms with Crippen LogP contribution in [0.2, 0.25) is 0 Å². The van der Waals surface area contributed by atoms with Crippen LogP contribution in [-0.4, -0.2) is 0 Å². The third-order valence-electron chi connectivity index (χ3n) is 26.9. The number of thiophene rings is 2. The van der Waals surface area contributed by atoms with Gasteiger partial charge in [-0.3, -0.25) is 0 Å². The van der Waals surface area contributed by atoms with E-state index < -0.39 is 5.41 Å². The Bertz CT molecular complexity index is 8290. The van der Waals surface area contributed by atoms with E-state index in [1.165, 1.54) is 79.5 Å². The van der Waals surface area contributed by atoms with Crippen LogP contribution in [0, 0.1) is 0 Å². The molecule has 4 aromatic heterocycles. The third-order valence-corrected chi connectivity index (χ3v) is 29.3. The van der Waals surface area contributed by atoms with Gasteiger partial charge in [-0.05, 0) is 223 Å². The fourth-order valence-corrected chi connectivity index (χ4v) is 23.9. The maximum atomic E-state index is 8.03. The standard InChI is InChI=1S/C116H75N3O3S2/c1-115(2)94-42-19-14-38-87(94)109-85(41-26-44-96(109)115)86-59-60-100(111-89-40-18-25-51-107(89)124-114(86)111)118(75-34-10-5-11-35-75)78-55-58-82-81-57-54-77(117(74-32-8-4-9-33-74)79-65-91(73-53-52-70-28-12-13-31-72(70)62-73)112-93(66-79)83-36-15-21-47-102(83)121-112)67-98(81)116(99(82)68-78)95-43-20-23-49-104(95)122-113-97(116)45-27-46-101(113)119(76-56-61-108-92(63-76)84-37-17-24-50-106(84)123-108)80-64-90(71-29-6-3-7-30-71)110-88-39-16-22-48-103(88)120-105(110)69-80/h3-24,26-50,52-69H,25,51H2,1-2H3. The summed E-state index contributed by atoms with van der Waals surface area (Å²) in [6.45, 7) is 4.78. The van der Waals surface area contributed by atoms with Gasteiger partial charge in [0.05, 0.1) is 22.5 Å². The number of hydrogen-bond acceptors (Lipinski definition) is 8. The lowest BCUT2D eigenvalue weighted by atomic mass is 9.65. The summed E-state index contributed by atoms with van der Waals surface area (Å²) in [5.41, 5.74) is 31.0. The van der Waals surface area contributed by atoms with E-state index in [4.69, 9.17) is 13.6 Å². The molecular formula is C116H75N3O3S2. The van der Waals surface area contributed by atoms with Crippen LogP contribution >= 0.6 is 22.7 Å². The number of rotatable bonds is 12. The Kier molecular flexibility index (Phi) is 15.5. The topological polar surface area (TPSA) is 45.2 Å². The molecule has 18 aromatic carbocycles. The quantitative estimate of drug-likeness (QED) is 0.121. The Morgan fingerprint density at radius 3 is 1.73 bits per heavy atom. The zero-order valence-corrected chi connectivity index (χ0v) is 69.5. The summed E-state index contributed by atoms with van der Waals surface area (Å²) in [4.78, 5) is 8.88. The summed E-state index contributed by atoms with van der Waals surface area (Å²) >= 11 is 3.81. The van der Waals surface area contributed by atoms with E-state index >= 15 is 0 Å². The number of fused-ring (bicyclic) bond motifs is 25. The number of ether oxygens (including phenoxy) is 1. The Hall–Kier alpha value is -15.1. The van der Waals surface area contributed by atoms with Gasteiger partial charge in [0.1, 0.15) is 28.1 Å². The first-order valence-electron chi connectivity index (χ1n) is 42.8. The zero-order valence-electron chi connectivity index (χ0n) is 67.8. The van der Waals surface area contributed by atoms with Crippen LogP contribution in [0.5, 0.6) is 11.5 Å². The van der Waals surface area contributed by atoms with Crippen molar-refractivity contribution in [2.24, 2.45) is 0 Å². The van der Waals surface area contributed by atoms with Gasteiger partial charge in [-0.25, -0.2) is 0 Å². The molecular weight excluding hydrogens is 1550 g/mol. The molecule has 0 N–H and O–H groups in total. The summed E-state index contributed by atoms with van der Waals surface area (Å²) < 4.78 is 25.9. The van der Waals surface area contributed by atoms with Crippen LogP contribution in [0.3, 0.4) is 0 Å². The highest BCUT2D eigenvalue weighted by atomic mass is 32.1. The summed E-state index contributed by atoms with van der Waals surface area (Å²) in [5.74, 6) is 1.50. The van der Waals surface area contributed by atoms with Gasteiger partial charge < -0.3 is 28.3 Å². The number of anilines is 9. The number of para-hydroxylation sites is 6. The van der Waals surface area contributed by atoms with Crippen LogP contribution in [0.1, 0.15) is 64.1 Å². The summed E-state index contributed by atoms with van der Waals surface area (Å²) in [6.07, 6.45) is 6.78. The van der Waals surface area contributed by atoms with E-state index in [2.05, 4.69) is 423 Å². The van der Waals surface area contributed by atoms with Crippen molar-refractivity contribution in [3.63, 3.8) is 0 Å². The van der Waals surface area contributed by atoms with Gasteiger partial charge in [0.2, 0.25) is 0 Å². The van der Waals surface area contributed by atoms with Crippen molar-refractivity contribution in [2.45, 2.75) is 37.5 Å². The second-order valence-corrected chi connectivity index (χ2v) is 36.1. The number of benzene rings is 18. The molecule has 1 atom stereocenters. The molecule has 26 rings (SSSR count). The molecule has 584 valence electrons. The van der Waals surface area contributed by atoms with E-state index in [1.54, 1.807) is 0 Å². The Labute approximate surface area is 724 Å². The maximum absolute atomic E-state index is 8.03. The fourth-order valence-electron chi connectivity index (χ4n) is 21.4. The van der Waals surface area contributed by atoms with Crippen LogP contribution in [0.25, 0.3) is 147 Å². The molecule has 22 aromatic rings. The molecule has 6 nitrogen and oxygen atoms in total. The van der Waals surface area contributed by atoms with E-state index in [-0.39, 0.29) is 5.41 Å². The fraction of sp³-hybridized carbons (Fsp3) is 0.0517. The number of allylic oxidation sites excluding steroid dienone is 1. The van der Waals surface area contributed by atoms with E-state index in [0.29, 0.717) is 0 Å². The lowest BCUT2D eigenvalue weighted by molar-refractivity contribution is 0.437. The first-order chi connectivity index (χ1) is 61.2. The van der Waals surface area contributed by atoms with Gasteiger partial charge in [-0.1, -0.05) is 275 Å². The normalized spacial score (nSPS) is 14.4. The highest BCUT2D eigenvalue weighted by molar-refractivity contribution is 7.25. The van der Waals surface area contributed by atoms with Gasteiger partial charge >= 0.3 is 0 Å². The van der Waals surface area contributed by atoms with Crippen LogP contribution < -0.4 is 19.4 Å². The monoisotopic (exact) mass is 1620 g/mol. The summed E-state index contributed by atoms with van der Waals surface area (Å²) in [5, 5.41) is 10.2. The molecule has 0 fully saturated rings. The van der Waals surface area contributed by atoms with Crippen LogP contribution in [-0.2, 0) is 17.3 Å². The van der Waals surface area contributed by atoms with Crippen molar-refractivity contribution in [3.8, 4) is 67.1 Å².